The third-order valence-corrected chi connectivity index (χ3v) is 3.59. The van der Waals surface area contributed by atoms with E-state index in [1.54, 1.807) is 7.11 Å². The largest absolute Gasteiger partial charge is 0.383 e. The minimum Gasteiger partial charge on any atom is -0.383 e. The molecule has 0 aromatic carbocycles. The van der Waals surface area contributed by atoms with Gasteiger partial charge in [-0.25, -0.2) is 0 Å². The standard InChI is InChI=1S/C14H32N2O/c1-11(2)8-15-9-12(3)14(5)16(6)13(4)10-17-7/h11-15H,8-10H2,1-7H3. The van der Waals surface area contributed by atoms with Crippen molar-refractivity contribution >= 4 is 0 Å². The second kappa shape index (κ2) is 8.90. The maximum Gasteiger partial charge on any atom is 0.0615 e. The SMILES string of the molecule is COCC(C)N(C)C(C)C(C)CNCC(C)C. The normalized spacial score (nSPS) is 17.5. The van der Waals surface area contributed by atoms with Crippen molar-refractivity contribution in [1.29, 1.82) is 0 Å². The van der Waals surface area contributed by atoms with Gasteiger partial charge in [-0.05, 0) is 45.8 Å². The fourth-order valence-electron chi connectivity index (χ4n) is 1.93. The Bertz CT molecular complexity index is 185. The van der Waals surface area contributed by atoms with Gasteiger partial charge in [0.25, 0.3) is 0 Å². The van der Waals surface area contributed by atoms with Gasteiger partial charge in [0.1, 0.15) is 0 Å². The van der Waals surface area contributed by atoms with E-state index in [-0.39, 0.29) is 0 Å². The highest BCUT2D eigenvalue weighted by Crippen LogP contribution is 2.11. The van der Waals surface area contributed by atoms with Crippen LogP contribution in [-0.4, -0.2) is 50.8 Å². The van der Waals surface area contributed by atoms with Crippen molar-refractivity contribution in [3.63, 3.8) is 0 Å². The monoisotopic (exact) mass is 244 g/mol. The lowest BCUT2D eigenvalue weighted by atomic mass is 10.0. The predicted molar refractivity (Wildman–Crippen MR) is 75.4 cm³/mol. The molecule has 0 aliphatic heterocycles. The highest BCUT2D eigenvalue weighted by molar-refractivity contribution is 4.76. The van der Waals surface area contributed by atoms with Crippen molar-refractivity contribution in [2.45, 2.75) is 46.7 Å². The average Bonchev–Trinajstić information content (AvgIpc) is 2.26. The number of methoxy groups -OCH3 is 1. The van der Waals surface area contributed by atoms with E-state index in [0.717, 1.165) is 25.6 Å². The quantitative estimate of drug-likeness (QED) is 0.673. The van der Waals surface area contributed by atoms with Crippen LogP contribution < -0.4 is 5.32 Å². The maximum atomic E-state index is 5.21. The summed E-state index contributed by atoms with van der Waals surface area (Å²) in [5.41, 5.74) is 0. The van der Waals surface area contributed by atoms with Crippen LogP contribution in [0.1, 0.15) is 34.6 Å². The fourth-order valence-corrected chi connectivity index (χ4v) is 1.93. The van der Waals surface area contributed by atoms with E-state index in [1.165, 1.54) is 0 Å². The molecule has 3 heteroatoms. The Hall–Kier alpha value is -0.120. The van der Waals surface area contributed by atoms with Crippen LogP contribution in [0, 0.1) is 11.8 Å². The topological polar surface area (TPSA) is 24.5 Å². The van der Waals surface area contributed by atoms with Crippen molar-refractivity contribution in [2.75, 3.05) is 33.9 Å². The Kier molecular flexibility index (Phi) is 8.83. The number of hydrogen-bond donors (Lipinski definition) is 1. The summed E-state index contributed by atoms with van der Waals surface area (Å²) in [6.07, 6.45) is 0. The highest BCUT2D eigenvalue weighted by Gasteiger charge is 2.20. The van der Waals surface area contributed by atoms with Gasteiger partial charge in [0.2, 0.25) is 0 Å². The minimum absolute atomic E-state index is 0.475. The first-order chi connectivity index (χ1) is 7.90. The number of hydrogen-bond acceptors (Lipinski definition) is 3. The molecule has 0 fully saturated rings. The molecular formula is C14H32N2O. The zero-order valence-electron chi connectivity index (χ0n) is 12.8. The Morgan fingerprint density at radius 2 is 1.65 bits per heavy atom. The van der Waals surface area contributed by atoms with Gasteiger partial charge in [-0.2, -0.15) is 0 Å². The van der Waals surface area contributed by atoms with E-state index in [2.05, 4.69) is 51.9 Å². The van der Waals surface area contributed by atoms with Crippen molar-refractivity contribution in [3.05, 3.63) is 0 Å². The first kappa shape index (κ1) is 16.9. The summed E-state index contributed by atoms with van der Waals surface area (Å²) in [6.45, 7) is 14.3. The van der Waals surface area contributed by atoms with E-state index in [4.69, 9.17) is 4.74 Å². The second-order valence-electron chi connectivity index (χ2n) is 5.74. The van der Waals surface area contributed by atoms with Crippen LogP contribution >= 0.6 is 0 Å². The summed E-state index contributed by atoms with van der Waals surface area (Å²) in [6, 6.07) is 1.04. The fraction of sp³-hybridized carbons (Fsp3) is 1.00. The van der Waals surface area contributed by atoms with Crippen molar-refractivity contribution in [1.82, 2.24) is 10.2 Å². The van der Waals surface area contributed by atoms with Crippen LogP contribution in [0.15, 0.2) is 0 Å². The van der Waals surface area contributed by atoms with E-state index in [0.29, 0.717) is 18.0 Å². The molecule has 0 aliphatic carbocycles. The summed E-state index contributed by atoms with van der Waals surface area (Å²) in [5.74, 6) is 1.38. The van der Waals surface area contributed by atoms with Crippen molar-refractivity contribution in [2.24, 2.45) is 11.8 Å². The lowest BCUT2D eigenvalue weighted by molar-refractivity contribution is 0.0768. The molecular weight excluding hydrogens is 212 g/mol. The van der Waals surface area contributed by atoms with E-state index in [1.807, 2.05) is 0 Å². The summed E-state index contributed by atoms with van der Waals surface area (Å²) in [4.78, 5) is 2.41. The molecule has 104 valence electrons. The zero-order chi connectivity index (χ0) is 13.4. The van der Waals surface area contributed by atoms with Crippen LogP contribution in [0.25, 0.3) is 0 Å². The van der Waals surface area contributed by atoms with E-state index in [9.17, 15) is 0 Å². The van der Waals surface area contributed by atoms with Crippen molar-refractivity contribution in [3.8, 4) is 0 Å². The third-order valence-electron chi connectivity index (χ3n) is 3.59. The van der Waals surface area contributed by atoms with Crippen LogP contribution in [0.2, 0.25) is 0 Å². The smallest absolute Gasteiger partial charge is 0.0615 e. The van der Waals surface area contributed by atoms with Crippen LogP contribution in [0.5, 0.6) is 0 Å². The molecule has 1 N–H and O–H groups in total. The molecule has 3 unspecified atom stereocenters. The lowest BCUT2D eigenvalue weighted by Crippen LogP contribution is -2.45. The molecule has 0 aromatic heterocycles. The van der Waals surface area contributed by atoms with Gasteiger partial charge in [-0.3, -0.25) is 4.90 Å². The molecule has 17 heavy (non-hydrogen) atoms. The molecule has 0 rings (SSSR count). The minimum atomic E-state index is 0.475. The highest BCUT2D eigenvalue weighted by atomic mass is 16.5. The number of likely N-dealkylation sites (N-methyl/N-ethyl adjacent to an activating group) is 1. The van der Waals surface area contributed by atoms with Crippen LogP contribution in [0.3, 0.4) is 0 Å². The number of rotatable bonds is 9. The Morgan fingerprint density at radius 1 is 1.06 bits per heavy atom. The Balaban J connectivity index is 3.97. The van der Waals surface area contributed by atoms with E-state index < -0.39 is 0 Å². The summed E-state index contributed by atoms with van der Waals surface area (Å²) >= 11 is 0. The average molecular weight is 244 g/mol. The van der Waals surface area contributed by atoms with Gasteiger partial charge >= 0.3 is 0 Å². The molecule has 3 atom stereocenters. The zero-order valence-corrected chi connectivity index (χ0v) is 12.8. The second-order valence-corrected chi connectivity index (χ2v) is 5.74. The molecule has 0 saturated carbocycles. The first-order valence-corrected chi connectivity index (χ1v) is 6.81. The van der Waals surface area contributed by atoms with Crippen molar-refractivity contribution < 1.29 is 4.74 Å². The molecule has 0 radical (unpaired) electrons. The van der Waals surface area contributed by atoms with Crippen LogP contribution in [0.4, 0.5) is 0 Å². The van der Waals surface area contributed by atoms with Gasteiger partial charge in [0.05, 0.1) is 6.61 Å². The van der Waals surface area contributed by atoms with Gasteiger partial charge in [0.15, 0.2) is 0 Å². The third kappa shape index (κ3) is 7.02. The van der Waals surface area contributed by atoms with Gasteiger partial charge in [-0.15, -0.1) is 0 Å². The Morgan fingerprint density at radius 3 is 2.12 bits per heavy atom. The summed E-state index contributed by atoms with van der Waals surface area (Å²) in [5, 5.41) is 3.53. The molecule has 0 aliphatic rings. The molecule has 0 saturated heterocycles. The Labute approximate surface area is 108 Å². The number of nitrogens with one attached hydrogen (secondary N) is 1. The van der Waals surface area contributed by atoms with Gasteiger partial charge in [-0.1, -0.05) is 20.8 Å². The molecule has 0 aromatic rings. The molecule has 0 bridgehead atoms. The summed E-state index contributed by atoms with van der Waals surface area (Å²) in [7, 11) is 3.95. The van der Waals surface area contributed by atoms with E-state index >= 15 is 0 Å². The molecule has 0 heterocycles. The van der Waals surface area contributed by atoms with Gasteiger partial charge < -0.3 is 10.1 Å². The maximum absolute atomic E-state index is 5.21. The number of ether oxygens (including phenoxy) is 1. The lowest BCUT2D eigenvalue weighted by Gasteiger charge is -2.34. The predicted octanol–water partition coefficient (Wildman–Crippen LogP) is 2.22. The molecule has 0 amide bonds. The number of nitrogens with zero attached hydrogens (tertiary/aromatic N) is 1. The van der Waals surface area contributed by atoms with Crippen LogP contribution in [-0.2, 0) is 4.74 Å². The van der Waals surface area contributed by atoms with Gasteiger partial charge in [0, 0.05) is 19.2 Å². The summed E-state index contributed by atoms with van der Waals surface area (Å²) < 4.78 is 5.21. The molecule has 3 nitrogen and oxygen atoms in total. The molecule has 0 spiro atoms. The first-order valence-electron chi connectivity index (χ1n) is 6.81.